The molecule has 1 aliphatic rings. The minimum atomic E-state index is -0.245. The van der Waals surface area contributed by atoms with Crippen molar-refractivity contribution in [3.63, 3.8) is 0 Å². The van der Waals surface area contributed by atoms with E-state index < -0.39 is 0 Å². The molecule has 1 aromatic carbocycles. The molecule has 0 saturated carbocycles. The third-order valence-corrected chi connectivity index (χ3v) is 2.60. The number of rotatable bonds is 4. The van der Waals surface area contributed by atoms with Crippen LogP contribution in [0.5, 0.6) is 17.2 Å². The fourth-order valence-electron chi connectivity index (χ4n) is 1.51. The molecule has 110 valence electrons. The third kappa shape index (κ3) is 4.19. The average molecular weight is 280 g/mol. The summed E-state index contributed by atoms with van der Waals surface area (Å²) in [6.07, 6.45) is 3.58. The Hall–Kier alpha value is -2.17. The maximum Gasteiger partial charge on any atom is 0.338 e. The molecule has 2 N–H and O–H groups in total. The van der Waals surface area contributed by atoms with E-state index in [1.807, 2.05) is 20.8 Å². The molecule has 20 heavy (non-hydrogen) atoms. The number of esters is 1. The largest absolute Gasteiger partial charge is 0.504 e. The molecule has 5 nitrogen and oxygen atoms in total. The van der Waals surface area contributed by atoms with Crippen molar-refractivity contribution in [2.24, 2.45) is 0 Å². The summed E-state index contributed by atoms with van der Waals surface area (Å²) >= 11 is 0. The number of benzene rings is 1. The topological polar surface area (TPSA) is 76.0 Å². The van der Waals surface area contributed by atoms with Crippen LogP contribution in [-0.4, -0.2) is 22.8 Å². The first kappa shape index (κ1) is 15.9. The first-order valence-corrected chi connectivity index (χ1v) is 6.52. The van der Waals surface area contributed by atoms with Crippen LogP contribution in [0.25, 0.3) is 0 Å². The molecule has 5 heteroatoms. The SMILES string of the molecule is CCCOc1c(C(C)C)ccc(O)c1O.O=C1C=CO1. The molecular formula is C15H20O5. The second-order valence-corrected chi connectivity index (χ2v) is 4.59. The third-order valence-electron chi connectivity index (χ3n) is 2.60. The number of carbonyl (C=O) groups excluding carboxylic acids is 1. The van der Waals surface area contributed by atoms with Gasteiger partial charge in [-0.25, -0.2) is 4.79 Å². The van der Waals surface area contributed by atoms with Crippen LogP contribution in [0.4, 0.5) is 0 Å². The van der Waals surface area contributed by atoms with Gasteiger partial charge < -0.3 is 19.7 Å². The molecule has 1 aliphatic heterocycles. The van der Waals surface area contributed by atoms with Crippen LogP contribution in [0.1, 0.15) is 38.7 Å². The lowest BCUT2D eigenvalue weighted by atomic mass is 10.0. The number of carbonyl (C=O) groups is 1. The fraction of sp³-hybridized carbons (Fsp3) is 0.400. The van der Waals surface area contributed by atoms with E-state index in [4.69, 9.17) is 4.74 Å². The van der Waals surface area contributed by atoms with Crippen molar-refractivity contribution >= 4 is 5.97 Å². The maximum absolute atomic E-state index is 9.68. The van der Waals surface area contributed by atoms with Gasteiger partial charge in [0.25, 0.3) is 0 Å². The van der Waals surface area contributed by atoms with E-state index in [1.165, 1.54) is 18.4 Å². The van der Waals surface area contributed by atoms with Gasteiger partial charge in [-0.15, -0.1) is 0 Å². The highest BCUT2D eigenvalue weighted by atomic mass is 16.5. The Bertz CT molecular complexity index is 491. The Morgan fingerprint density at radius 3 is 2.30 bits per heavy atom. The summed E-state index contributed by atoms with van der Waals surface area (Å²) in [5, 5.41) is 19.1. The second kappa shape index (κ2) is 7.43. The summed E-state index contributed by atoms with van der Waals surface area (Å²) in [7, 11) is 0. The first-order valence-electron chi connectivity index (χ1n) is 6.52. The van der Waals surface area contributed by atoms with E-state index in [-0.39, 0.29) is 23.4 Å². The van der Waals surface area contributed by atoms with E-state index in [0.29, 0.717) is 12.4 Å². The zero-order valence-corrected chi connectivity index (χ0v) is 11.9. The minimum Gasteiger partial charge on any atom is -0.504 e. The number of phenolic OH excluding ortho intramolecular Hbond substituents is 2. The van der Waals surface area contributed by atoms with Crippen LogP contribution in [-0.2, 0) is 9.53 Å². The Labute approximate surface area is 118 Å². The van der Waals surface area contributed by atoms with Gasteiger partial charge in [-0.2, -0.15) is 0 Å². The molecule has 0 amide bonds. The lowest BCUT2D eigenvalue weighted by Gasteiger charge is -2.15. The molecule has 0 bridgehead atoms. The van der Waals surface area contributed by atoms with E-state index in [2.05, 4.69) is 4.74 Å². The summed E-state index contributed by atoms with van der Waals surface area (Å²) < 4.78 is 9.56. The second-order valence-electron chi connectivity index (χ2n) is 4.59. The Morgan fingerprint density at radius 2 is 1.90 bits per heavy atom. The smallest absolute Gasteiger partial charge is 0.338 e. The van der Waals surface area contributed by atoms with Gasteiger partial charge in [0.1, 0.15) is 6.26 Å². The standard InChI is InChI=1S/C12H18O3.C3H2O2/c1-4-7-15-12-9(8(2)3)5-6-10(13)11(12)14;4-3-1-2-5-3/h5-6,8,13-14H,4,7H2,1-3H3;1-2H. The molecule has 0 saturated heterocycles. The average Bonchev–Trinajstić information content (AvgIpc) is 2.38. The number of ether oxygens (including phenoxy) is 2. The molecule has 1 heterocycles. The van der Waals surface area contributed by atoms with Crippen LogP contribution in [0.2, 0.25) is 0 Å². The molecule has 0 spiro atoms. The van der Waals surface area contributed by atoms with Crippen molar-refractivity contribution in [2.75, 3.05) is 6.61 Å². The van der Waals surface area contributed by atoms with Gasteiger partial charge in [0.15, 0.2) is 11.5 Å². The van der Waals surface area contributed by atoms with E-state index in [9.17, 15) is 15.0 Å². The van der Waals surface area contributed by atoms with Crippen molar-refractivity contribution in [3.8, 4) is 17.2 Å². The molecule has 0 unspecified atom stereocenters. The summed E-state index contributed by atoms with van der Waals surface area (Å²) in [5.41, 5.74) is 0.916. The van der Waals surface area contributed by atoms with Crippen LogP contribution >= 0.6 is 0 Å². The number of aromatic hydroxyl groups is 2. The van der Waals surface area contributed by atoms with Gasteiger partial charge in [0, 0.05) is 5.56 Å². The van der Waals surface area contributed by atoms with Gasteiger partial charge in [0.05, 0.1) is 12.7 Å². The van der Waals surface area contributed by atoms with Gasteiger partial charge in [-0.1, -0.05) is 26.8 Å². The minimum absolute atomic E-state index is 0.134. The number of hydrogen-bond donors (Lipinski definition) is 2. The number of phenols is 2. The van der Waals surface area contributed by atoms with Crippen LogP contribution in [0.15, 0.2) is 24.5 Å². The van der Waals surface area contributed by atoms with Gasteiger partial charge in [0.2, 0.25) is 5.75 Å². The van der Waals surface area contributed by atoms with Gasteiger partial charge in [-0.05, 0) is 18.4 Å². The molecule has 0 aromatic heterocycles. The predicted molar refractivity (Wildman–Crippen MR) is 74.9 cm³/mol. The van der Waals surface area contributed by atoms with Crippen LogP contribution in [0.3, 0.4) is 0 Å². The van der Waals surface area contributed by atoms with Crippen molar-refractivity contribution in [1.82, 2.24) is 0 Å². The maximum atomic E-state index is 9.68. The van der Waals surface area contributed by atoms with Crippen LogP contribution in [0, 0.1) is 0 Å². The number of hydrogen-bond acceptors (Lipinski definition) is 5. The molecule has 0 atom stereocenters. The van der Waals surface area contributed by atoms with Gasteiger partial charge in [-0.3, -0.25) is 0 Å². The quantitative estimate of drug-likeness (QED) is 0.654. The normalized spacial score (nSPS) is 12.3. The highest BCUT2D eigenvalue weighted by molar-refractivity contribution is 5.86. The van der Waals surface area contributed by atoms with Crippen molar-refractivity contribution in [1.29, 1.82) is 0 Å². The molecule has 0 radical (unpaired) electrons. The molecule has 2 rings (SSSR count). The van der Waals surface area contributed by atoms with E-state index in [0.717, 1.165) is 12.0 Å². The Kier molecular flexibility index (Phi) is 5.90. The zero-order chi connectivity index (χ0) is 15.1. The van der Waals surface area contributed by atoms with E-state index in [1.54, 1.807) is 6.07 Å². The number of cyclic esters (lactones) is 1. The molecule has 0 fully saturated rings. The van der Waals surface area contributed by atoms with Gasteiger partial charge >= 0.3 is 5.97 Å². The molecule has 1 aromatic rings. The summed E-state index contributed by atoms with van der Waals surface area (Å²) in [5.74, 6) is 0.125. The summed E-state index contributed by atoms with van der Waals surface area (Å²) in [6.45, 7) is 6.57. The lowest BCUT2D eigenvalue weighted by Crippen LogP contribution is -2.01. The predicted octanol–water partition coefficient (Wildman–Crippen LogP) is 3.07. The lowest BCUT2D eigenvalue weighted by molar-refractivity contribution is -0.136. The first-order chi connectivity index (χ1) is 9.47. The van der Waals surface area contributed by atoms with Crippen molar-refractivity contribution < 1.29 is 24.5 Å². The Balaban J connectivity index is 0.000000333. The summed E-state index contributed by atoms with van der Waals surface area (Å²) in [6, 6.07) is 3.27. The van der Waals surface area contributed by atoms with Crippen molar-refractivity contribution in [3.05, 3.63) is 30.0 Å². The fourth-order valence-corrected chi connectivity index (χ4v) is 1.51. The Morgan fingerprint density at radius 1 is 1.30 bits per heavy atom. The summed E-state index contributed by atoms with van der Waals surface area (Å²) in [4.78, 5) is 9.59. The highest BCUT2D eigenvalue weighted by Gasteiger charge is 2.15. The molecule has 0 aliphatic carbocycles. The highest BCUT2D eigenvalue weighted by Crippen LogP contribution is 2.41. The van der Waals surface area contributed by atoms with E-state index >= 15 is 0 Å². The zero-order valence-electron chi connectivity index (χ0n) is 11.9. The van der Waals surface area contributed by atoms with Crippen LogP contribution < -0.4 is 4.74 Å². The van der Waals surface area contributed by atoms with Crippen molar-refractivity contribution in [2.45, 2.75) is 33.1 Å². The molecular weight excluding hydrogens is 260 g/mol. The monoisotopic (exact) mass is 280 g/mol.